The highest BCUT2D eigenvalue weighted by Crippen LogP contribution is 2.23. The number of hydrogen-bond donors (Lipinski definition) is 1. The van der Waals surface area contributed by atoms with Crippen molar-refractivity contribution in [3.8, 4) is 0 Å². The first-order chi connectivity index (χ1) is 19.8. The number of halogens is 3. The molecule has 0 aliphatic carbocycles. The molecule has 3 rings (SSSR count). The standard InChI is InChI=1S/C31H36BrF2N3O4S/c1-22(2)20-35-31(39)29(18-23-9-5-4-6-10-23)36(21-24-11-7-12-25(32)17-24)30(38)13-8-16-37(42(3,40)41)26-14-15-27(33)28(34)19-26/h4-7,9-12,14-15,17,19,22,29H,8,13,16,18,20-21H2,1-3H3,(H,35,39). The van der Waals surface area contributed by atoms with Crippen LogP contribution in [-0.4, -0.2) is 50.5 Å². The van der Waals surface area contributed by atoms with Crippen LogP contribution in [0.3, 0.4) is 0 Å². The van der Waals surface area contributed by atoms with Gasteiger partial charge in [0, 0.05) is 43.0 Å². The van der Waals surface area contributed by atoms with Gasteiger partial charge in [0.2, 0.25) is 21.8 Å². The summed E-state index contributed by atoms with van der Waals surface area (Å²) >= 11 is 3.46. The van der Waals surface area contributed by atoms with Crippen molar-refractivity contribution >= 4 is 43.5 Å². The molecule has 0 aliphatic heterocycles. The highest BCUT2D eigenvalue weighted by atomic mass is 79.9. The van der Waals surface area contributed by atoms with E-state index >= 15 is 0 Å². The fourth-order valence-corrected chi connectivity index (χ4v) is 5.86. The van der Waals surface area contributed by atoms with Crippen molar-refractivity contribution in [2.75, 3.05) is 23.7 Å². The SMILES string of the molecule is CC(C)CNC(=O)C(Cc1ccccc1)N(Cc1cccc(Br)c1)C(=O)CCCN(c1ccc(F)c(F)c1)S(C)(=O)=O. The molecule has 0 aliphatic rings. The van der Waals surface area contributed by atoms with Gasteiger partial charge in [-0.05, 0) is 47.7 Å². The molecule has 0 fully saturated rings. The van der Waals surface area contributed by atoms with Gasteiger partial charge in [-0.15, -0.1) is 0 Å². The van der Waals surface area contributed by atoms with E-state index in [-0.39, 0.29) is 55.8 Å². The topological polar surface area (TPSA) is 86.8 Å². The van der Waals surface area contributed by atoms with Crippen molar-refractivity contribution < 1.29 is 26.8 Å². The number of hydrogen-bond acceptors (Lipinski definition) is 4. The Morgan fingerprint density at radius 2 is 1.62 bits per heavy atom. The van der Waals surface area contributed by atoms with Crippen LogP contribution in [0.1, 0.15) is 37.8 Å². The smallest absolute Gasteiger partial charge is 0.243 e. The molecule has 1 unspecified atom stereocenters. The molecule has 0 spiro atoms. The summed E-state index contributed by atoms with van der Waals surface area (Å²) < 4.78 is 54.1. The molecule has 7 nitrogen and oxygen atoms in total. The van der Waals surface area contributed by atoms with Crippen LogP contribution >= 0.6 is 15.9 Å². The number of amides is 2. The number of carbonyl (C=O) groups excluding carboxylic acids is 2. The third-order valence-corrected chi connectivity index (χ3v) is 8.23. The lowest BCUT2D eigenvalue weighted by Gasteiger charge is -2.32. The van der Waals surface area contributed by atoms with E-state index in [2.05, 4.69) is 21.2 Å². The second-order valence-corrected chi connectivity index (χ2v) is 13.4. The molecule has 0 heterocycles. The minimum absolute atomic E-state index is 0.0372. The fourth-order valence-electron chi connectivity index (χ4n) is 4.45. The molecule has 226 valence electrons. The second-order valence-electron chi connectivity index (χ2n) is 10.5. The predicted octanol–water partition coefficient (Wildman–Crippen LogP) is 5.69. The Bertz CT molecular complexity index is 1470. The molecule has 0 bridgehead atoms. The maximum absolute atomic E-state index is 13.9. The highest BCUT2D eigenvalue weighted by molar-refractivity contribution is 9.10. The molecule has 1 atom stereocenters. The summed E-state index contributed by atoms with van der Waals surface area (Å²) in [6, 6.07) is 18.9. The van der Waals surface area contributed by atoms with Crippen LogP contribution in [0.2, 0.25) is 0 Å². The minimum Gasteiger partial charge on any atom is -0.354 e. The number of rotatable bonds is 14. The lowest BCUT2D eigenvalue weighted by atomic mass is 10.0. The highest BCUT2D eigenvalue weighted by Gasteiger charge is 2.30. The summed E-state index contributed by atoms with van der Waals surface area (Å²) in [6.07, 6.45) is 1.26. The van der Waals surface area contributed by atoms with Crippen molar-refractivity contribution in [2.24, 2.45) is 5.92 Å². The molecule has 0 saturated heterocycles. The molecule has 3 aromatic rings. The van der Waals surface area contributed by atoms with Gasteiger partial charge in [0.05, 0.1) is 11.9 Å². The lowest BCUT2D eigenvalue weighted by molar-refractivity contribution is -0.141. The normalized spacial score (nSPS) is 12.2. The molecular formula is C31H36BrF2N3O4S. The number of benzene rings is 3. The quantitative estimate of drug-likeness (QED) is 0.240. The van der Waals surface area contributed by atoms with E-state index in [1.165, 1.54) is 11.0 Å². The van der Waals surface area contributed by atoms with Gasteiger partial charge in [-0.3, -0.25) is 13.9 Å². The number of nitrogens with one attached hydrogen (secondary N) is 1. The Hall–Kier alpha value is -3.31. The van der Waals surface area contributed by atoms with Gasteiger partial charge < -0.3 is 10.2 Å². The van der Waals surface area contributed by atoms with Gasteiger partial charge >= 0.3 is 0 Å². The number of nitrogens with zero attached hydrogens (tertiary/aromatic N) is 2. The molecule has 0 radical (unpaired) electrons. The second kappa shape index (κ2) is 15.2. The van der Waals surface area contributed by atoms with E-state index in [0.717, 1.165) is 38.3 Å². The van der Waals surface area contributed by atoms with E-state index in [4.69, 9.17) is 0 Å². The van der Waals surface area contributed by atoms with Crippen LogP contribution in [0.15, 0.2) is 77.3 Å². The van der Waals surface area contributed by atoms with Gasteiger partial charge in [0.25, 0.3) is 0 Å². The Morgan fingerprint density at radius 3 is 2.24 bits per heavy atom. The Labute approximate surface area is 255 Å². The van der Waals surface area contributed by atoms with Crippen molar-refractivity contribution in [3.63, 3.8) is 0 Å². The molecule has 3 aromatic carbocycles. The van der Waals surface area contributed by atoms with Gasteiger partial charge in [0.1, 0.15) is 6.04 Å². The van der Waals surface area contributed by atoms with Crippen molar-refractivity contribution in [1.29, 1.82) is 0 Å². The van der Waals surface area contributed by atoms with Crippen LogP contribution < -0.4 is 9.62 Å². The van der Waals surface area contributed by atoms with Crippen molar-refractivity contribution in [3.05, 3.63) is 100 Å². The third kappa shape index (κ3) is 9.90. The summed E-state index contributed by atoms with van der Waals surface area (Å²) in [7, 11) is -3.86. The number of anilines is 1. The van der Waals surface area contributed by atoms with Crippen molar-refractivity contribution in [1.82, 2.24) is 10.2 Å². The number of sulfonamides is 1. The summed E-state index contributed by atoms with van der Waals surface area (Å²) in [4.78, 5) is 28.9. The van der Waals surface area contributed by atoms with E-state index < -0.39 is 27.7 Å². The molecular weight excluding hydrogens is 628 g/mol. The zero-order valence-corrected chi connectivity index (χ0v) is 26.3. The van der Waals surface area contributed by atoms with Gasteiger partial charge in [-0.2, -0.15) is 0 Å². The molecule has 0 saturated carbocycles. The zero-order chi connectivity index (χ0) is 30.9. The van der Waals surface area contributed by atoms with Crippen molar-refractivity contribution in [2.45, 2.75) is 45.7 Å². The largest absolute Gasteiger partial charge is 0.354 e. The first kappa shape index (κ1) is 33.2. The van der Waals surface area contributed by atoms with E-state index in [0.29, 0.717) is 6.54 Å². The maximum Gasteiger partial charge on any atom is 0.243 e. The predicted molar refractivity (Wildman–Crippen MR) is 164 cm³/mol. The van der Waals surface area contributed by atoms with Crippen LogP contribution in [0.25, 0.3) is 0 Å². The van der Waals surface area contributed by atoms with E-state index in [1.54, 1.807) is 0 Å². The molecule has 2 amide bonds. The van der Waals surface area contributed by atoms with E-state index in [1.807, 2.05) is 68.4 Å². The van der Waals surface area contributed by atoms with Crippen LogP contribution in [0.4, 0.5) is 14.5 Å². The summed E-state index contributed by atoms with van der Waals surface area (Å²) in [6.45, 7) is 4.43. The zero-order valence-electron chi connectivity index (χ0n) is 23.9. The first-order valence-corrected chi connectivity index (χ1v) is 16.3. The molecule has 11 heteroatoms. The van der Waals surface area contributed by atoms with Gasteiger partial charge in [0.15, 0.2) is 11.6 Å². The van der Waals surface area contributed by atoms with Crippen LogP contribution in [0.5, 0.6) is 0 Å². The summed E-state index contributed by atoms with van der Waals surface area (Å²) in [5, 5.41) is 2.96. The fraction of sp³-hybridized carbons (Fsp3) is 0.355. The van der Waals surface area contributed by atoms with Crippen LogP contribution in [0, 0.1) is 17.6 Å². The summed E-state index contributed by atoms with van der Waals surface area (Å²) in [5.74, 6) is -2.68. The van der Waals surface area contributed by atoms with Crippen LogP contribution in [-0.2, 0) is 32.6 Å². The van der Waals surface area contributed by atoms with E-state index in [9.17, 15) is 26.8 Å². The Morgan fingerprint density at radius 1 is 0.929 bits per heavy atom. The molecule has 0 aromatic heterocycles. The Kier molecular flexibility index (Phi) is 12.0. The monoisotopic (exact) mass is 663 g/mol. The van der Waals surface area contributed by atoms with Gasteiger partial charge in [-0.1, -0.05) is 72.2 Å². The summed E-state index contributed by atoms with van der Waals surface area (Å²) in [5.41, 5.74) is 1.66. The maximum atomic E-state index is 13.9. The first-order valence-electron chi connectivity index (χ1n) is 13.6. The number of carbonyl (C=O) groups is 2. The average Bonchev–Trinajstić information content (AvgIpc) is 2.93. The third-order valence-electron chi connectivity index (χ3n) is 6.54. The molecule has 42 heavy (non-hydrogen) atoms. The Balaban J connectivity index is 1.89. The average molecular weight is 665 g/mol. The minimum atomic E-state index is -3.86. The van der Waals surface area contributed by atoms with Gasteiger partial charge in [-0.25, -0.2) is 17.2 Å². The lowest BCUT2D eigenvalue weighted by Crippen LogP contribution is -2.51. The molecule has 1 N–H and O–H groups in total.